The minimum absolute atomic E-state index is 0.0308. The largest absolute Gasteiger partial charge is 0.393 e. The molecule has 2 unspecified atom stereocenters. The third kappa shape index (κ3) is 4.14. The molecule has 0 aliphatic heterocycles. The van der Waals surface area contributed by atoms with Crippen molar-refractivity contribution in [3.8, 4) is 0 Å². The van der Waals surface area contributed by atoms with Crippen molar-refractivity contribution in [3.05, 3.63) is 0 Å². The summed E-state index contributed by atoms with van der Waals surface area (Å²) in [6, 6.07) is 0. The number of rotatable bonds is 2. The fourth-order valence-electron chi connectivity index (χ4n) is 2.31. The molecular weight excluding hydrogens is 184 g/mol. The quantitative estimate of drug-likeness (QED) is 0.728. The number of aliphatic hydroxyl groups excluding tert-OH is 1. The molecule has 0 aromatic heterocycles. The Hall–Kier alpha value is -0.0400. The van der Waals surface area contributed by atoms with Crippen molar-refractivity contribution in [3.63, 3.8) is 0 Å². The summed E-state index contributed by atoms with van der Waals surface area (Å²) in [6.45, 7) is 13.3. The van der Waals surface area contributed by atoms with Gasteiger partial charge in [0.1, 0.15) is 0 Å². The van der Waals surface area contributed by atoms with Crippen LogP contribution in [0.1, 0.15) is 67.2 Å². The van der Waals surface area contributed by atoms with Gasteiger partial charge in [-0.3, -0.25) is 0 Å². The molecule has 0 radical (unpaired) electrons. The maximum Gasteiger partial charge on any atom is 0.0543 e. The van der Waals surface area contributed by atoms with E-state index in [4.69, 9.17) is 0 Å². The minimum Gasteiger partial charge on any atom is -0.393 e. The van der Waals surface area contributed by atoms with E-state index >= 15 is 0 Å². The van der Waals surface area contributed by atoms with Gasteiger partial charge in [0.05, 0.1) is 6.10 Å². The van der Waals surface area contributed by atoms with Crippen LogP contribution >= 0.6 is 0 Å². The number of hydrogen-bond acceptors (Lipinski definition) is 1. The topological polar surface area (TPSA) is 20.2 Å². The van der Waals surface area contributed by atoms with Crippen molar-refractivity contribution in [1.29, 1.82) is 0 Å². The van der Waals surface area contributed by atoms with E-state index in [-0.39, 0.29) is 6.10 Å². The van der Waals surface area contributed by atoms with Gasteiger partial charge in [-0.05, 0) is 36.5 Å². The molecule has 0 bridgehead atoms. The molecule has 15 heavy (non-hydrogen) atoms. The fraction of sp³-hybridized carbons (Fsp3) is 1.00. The standard InChI is InChI=1S/C12H24O.C2H6/c1-9(2)12(3,4)10-6-5-7-11(13)8-10;1-2/h9-11,13H,5-8H2,1-4H3;1-2H3. The van der Waals surface area contributed by atoms with Gasteiger partial charge in [-0.2, -0.15) is 0 Å². The van der Waals surface area contributed by atoms with Crippen LogP contribution in [0.5, 0.6) is 0 Å². The smallest absolute Gasteiger partial charge is 0.0543 e. The lowest BCUT2D eigenvalue weighted by Crippen LogP contribution is -2.34. The van der Waals surface area contributed by atoms with E-state index in [1.54, 1.807) is 0 Å². The van der Waals surface area contributed by atoms with Crippen molar-refractivity contribution < 1.29 is 5.11 Å². The van der Waals surface area contributed by atoms with Gasteiger partial charge in [-0.1, -0.05) is 48.0 Å². The Morgan fingerprint density at radius 1 is 1.13 bits per heavy atom. The highest BCUT2D eigenvalue weighted by Crippen LogP contribution is 2.42. The molecular formula is C14H30O. The molecule has 1 heteroatoms. The average Bonchev–Trinajstić information content (AvgIpc) is 2.20. The molecule has 1 aliphatic carbocycles. The molecule has 1 nitrogen and oxygen atoms in total. The average molecular weight is 214 g/mol. The maximum atomic E-state index is 9.62. The van der Waals surface area contributed by atoms with Crippen LogP contribution < -0.4 is 0 Å². The van der Waals surface area contributed by atoms with Gasteiger partial charge in [-0.15, -0.1) is 0 Å². The Kier molecular flexibility index (Phi) is 6.51. The fourth-order valence-corrected chi connectivity index (χ4v) is 2.31. The summed E-state index contributed by atoms with van der Waals surface area (Å²) in [5, 5.41) is 9.62. The van der Waals surface area contributed by atoms with Crippen molar-refractivity contribution in [2.24, 2.45) is 17.3 Å². The lowest BCUT2D eigenvalue weighted by Gasteiger charge is -2.41. The van der Waals surface area contributed by atoms with Gasteiger partial charge in [0.2, 0.25) is 0 Å². The molecule has 0 aromatic rings. The third-order valence-corrected chi connectivity index (χ3v) is 4.19. The second-order valence-corrected chi connectivity index (χ2v) is 5.49. The zero-order chi connectivity index (χ0) is 12.1. The summed E-state index contributed by atoms with van der Waals surface area (Å²) in [4.78, 5) is 0. The van der Waals surface area contributed by atoms with Crippen molar-refractivity contribution in [2.45, 2.75) is 73.3 Å². The van der Waals surface area contributed by atoms with E-state index in [0.29, 0.717) is 11.3 Å². The highest BCUT2D eigenvalue weighted by molar-refractivity contribution is 4.85. The van der Waals surface area contributed by atoms with Crippen LogP contribution in [0.25, 0.3) is 0 Å². The third-order valence-electron chi connectivity index (χ3n) is 4.19. The molecule has 2 atom stereocenters. The molecule has 1 saturated carbocycles. The van der Waals surface area contributed by atoms with Crippen molar-refractivity contribution in [2.75, 3.05) is 0 Å². The predicted molar refractivity (Wildman–Crippen MR) is 67.9 cm³/mol. The van der Waals surface area contributed by atoms with Gasteiger partial charge < -0.3 is 5.11 Å². The van der Waals surface area contributed by atoms with Gasteiger partial charge in [0, 0.05) is 0 Å². The summed E-state index contributed by atoms with van der Waals surface area (Å²) < 4.78 is 0. The lowest BCUT2D eigenvalue weighted by molar-refractivity contribution is 0.0296. The molecule has 1 aliphatic rings. The Morgan fingerprint density at radius 2 is 1.67 bits per heavy atom. The summed E-state index contributed by atoms with van der Waals surface area (Å²) >= 11 is 0. The van der Waals surface area contributed by atoms with Crippen LogP contribution in [0.4, 0.5) is 0 Å². The van der Waals surface area contributed by atoms with E-state index < -0.39 is 0 Å². The van der Waals surface area contributed by atoms with Gasteiger partial charge >= 0.3 is 0 Å². The Labute approximate surface area is 96.3 Å². The molecule has 0 heterocycles. The minimum atomic E-state index is -0.0308. The summed E-state index contributed by atoms with van der Waals surface area (Å²) in [5.74, 6) is 1.43. The lowest BCUT2D eigenvalue weighted by atomic mass is 9.65. The Morgan fingerprint density at radius 3 is 2.07 bits per heavy atom. The van der Waals surface area contributed by atoms with Crippen molar-refractivity contribution in [1.82, 2.24) is 0 Å². The zero-order valence-electron chi connectivity index (χ0n) is 11.5. The van der Waals surface area contributed by atoms with Gasteiger partial charge in [0.25, 0.3) is 0 Å². The summed E-state index contributed by atoms with van der Waals surface area (Å²) in [5.41, 5.74) is 0.390. The summed E-state index contributed by atoms with van der Waals surface area (Å²) in [7, 11) is 0. The monoisotopic (exact) mass is 214 g/mol. The predicted octanol–water partition coefficient (Wildman–Crippen LogP) is 4.25. The molecule has 1 rings (SSSR count). The Balaban J connectivity index is 0.000000921. The summed E-state index contributed by atoms with van der Waals surface area (Å²) in [6.07, 6.45) is 4.52. The highest BCUT2D eigenvalue weighted by Gasteiger charge is 2.35. The Bertz CT molecular complexity index is 161. The number of hydrogen-bond donors (Lipinski definition) is 1. The molecule has 1 fully saturated rings. The number of aliphatic hydroxyl groups is 1. The molecule has 0 aromatic carbocycles. The van der Waals surface area contributed by atoms with Crippen LogP contribution in [-0.2, 0) is 0 Å². The molecule has 1 N–H and O–H groups in total. The van der Waals surface area contributed by atoms with Crippen LogP contribution in [0, 0.1) is 17.3 Å². The highest BCUT2D eigenvalue weighted by atomic mass is 16.3. The van der Waals surface area contributed by atoms with E-state index in [1.165, 1.54) is 12.8 Å². The van der Waals surface area contributed by atoms with Crippen molar-refractivity contribution >= 4 is 0 Å². The van der Waals surface area contributed by atoms with Gasteiger partial charge in [-0.25, -0.2) is 0 Å². The van der Waals surface area contributed by atoms with E-state index in [9.17, 15) is 5.11 Å². The van der Waals surface area contributed by atoms with E-state index in [0.717, 1.165) is 18.8 Å². The first kappa shape index (κ1) is 15.0. The second kappa shape index (κ2) is 6.52. The van der Waals surface area contributed by atoms with Gasteiger partial charge in [0.15, 0.2) is 0 Å². The van der Waals surface area contributed by atoms with Crippen LogP contribution in [0.15, 0.2) is 0 Å². The van der Waals surface area contributed by atoms with Crippen LogP contribution in [0.2, 0.25) is 0 Å². The molecule has 0 amide bonds. The van der Waals surface area contributed by atoms with Crippen LogP contribution in [-0.4, -0.2) is 11.2 Å². The zero-order valence-corrected chi connectivity index (χ0v) is 11.5. The first-order valence-corrected chi connectivity index (χ1v) is 6.62. The maximum absolute atomic E-state index is 9.62. The first-order chi connectivity index (χ1) is 6.94. The van der Waals surface area contributed by atoms with E-state index in [2.05, 4.69) is 27.7 Å². The molecule has 0 spiro atoms. The van der Waals surface area contributed by atoms with E-state index in [1.807, 2.05) is 13.8 Å². The van der Waals surface area contributed by atoms with Crippen LogP contribution in [0.3, 0.4) is 0 Å². The SMILES string of the molecule is CC.CC(C)C(C)(C)C1CCCC(O)C1. The first-order valence-electron chi connectivity index (χ1n) is 6.62. The molecule has 0 saturated heterocycles. The second-order valence-electron chi connectivity index (χ2n) is 5.49. The molecule has 92 valence electrons. The normalized spacial score (nSPS) is 27.2.